The number of carboxylic acid groups (broad SMARTS) is 1. The van der Waals surface area contributed by atoms with Crippen LogP contribution in [0, 0.1) is 13.8 Å². The second kappa shape index (κ2) is 5.73. The molecule has 0 saturated carbocycles. The number of methoxy groups -OCH3 is 2. The van der Waals surface area contributed by atoms with E-state index in [0.717, 1.165) is 16.7 Å². The minimum Gasteiger partial charge on any atom is -0.493 e. The van der Waals surface area contributed by atoms with Crippen LogP contribution in [0.5, 0.6) is 11.5 Å². The van der Waals surface area contributed by atoms with Gasteiger partial charge in [0.05, 0.1) is 14.2 Å². The molecule has 0 fully saturated rings. The number of carboxylic acids is 1. The highest BCUT2D eigenvalue weighted by atomic mass is 16.5. The van der Waals surface area contributed by atoms with Crippen molar-refractivity contribution in [3.8, 4) is 11.5 Å². The van der Waals surface area contributed by atoms with Gasteiger partial charge >= 0.3 is 5.97 Å². The first-order chi connectivity index (χ1) is 8.42. The summed E-state index contributed by atoms with van der Waals surface area (Å²) < 4.78 is 10.5. The summed E-state index contributed by atoms with van der Waals surface area (Å²) in [6, 6.07) is 0.866. The summed E-state index contributed by atoms with van der Waals surface area (Å²) in [6.45, 7) is 3.83. The van der Waals surface area contributed by atoms with Gasteiger partial charge in [-0.05, 0) is 43.0 Å². The van der Waals surface area contributed by atoms with E-state index in [0.29, 0.717) is 11.5 Å². The predicted molar refractivity (Wildman–Crippen MR) is 68.3 cm³/mol. The number of carbonyl (C=O) groups is 1. The molecule has 1 unspecified atom stereocenters. The van der Waals surface area contributed by atoms with Crippen LogP contribution < -0.4 is 15.2 Å². The molecular weight excluding hydrogens is 234 g/mol. The van der Waals surface area contributed by atoms with Crippen molar-refractivity contribution in [2.45, 2.75) is 26.3 Å². The molecule has 100 valence electrons. The third-order valence-electron chi connectivity index (χ3n) is 3.09. The lowest BCUT2D eigenvalue weighted by atomic mass is 9.96. The van der Waals surface area contributed by atoms with Crippen molar-refractivity contribution in [3.05, 3.63) is 22.8 Å². The van der Waals surface area contributed by atoms with Crippen LogP contribution in [0.1, 0.15) is 16.7 Å². The second-order valence-corrected chi connectivity index (χ2v) is 4.17. The van der Waals surface area contributed by atoms with Gasteiger partial charge in [-0.1, -0.05) is 0 Å². The predicted octanol–water partition coefficient (Wildman–Crippen LogP) is 1.28. The second-order valence-electron chi connectivity index (χ2n) is 4.17. The van der Waals surface area contributed by atoms with E-state index in [4.69, 9.17) is 20.3 Å². The molecule has 1 rings (SSSR count). The first kappa shape index (κ1) is 14.3. The highest BCUT2D eigenvalue weighted by Crippen LogP contribution is 2.35. The lowest BCUT2D eigenvalue weighted by Crippen LogP contribution is -2.32. The highest BCUT2D eigenvalue weighted by Gasteiger charge is 2.18. The zero-order valence-electron chi connectivity index (χ0n) is 11.1. The van der Waals surface area contributed by atoms with Crippen molar-refractivity contribution < 1.29 is 19.4 Å². The molecular formula is C13H19NO4. The van der Waals surface area contributed by atoms with Gasteiger partial charge in [0, 0.05) is 0 Å². The van der Waals surface area contributed by atoms with Crippen LogP contribution in [0.15, 0.2) is 6.07 Å². The Hall–Kier alpha value is -1.75. The van der Waals surface area contributed by atoms with Gasteiger partial charge in [-0.15, -0.1) is 0 Å². The summed E-state index contributed by atoms with van der Waals surface area (Å²) >= 11 is 0. The Labute approximate surface area is 107 Å². The molecule has 0 heterocycles. The number of hydrogen-bond acceptors (Lipinski definition) is 4. The number of benzene rings is 1. The molecule has 5 nitrogen and oxygen atoms in total. The van der Waals surface area contributed by atoms with Crippen LogP contribution >= 0.6 is 0 Å². The molecule has 3 N–H and O–H groups in total. The van der Waals surface area contributed by atoms with Gasteiger partial charge in [0.25, 0.3) is 0 Å². The molecule has 1 aromatic carbocycles. The summed E-state index contributed by atoms with van der Waals surface area (Å²) in [5, 5.41) is 8.85. The van der Waals surface area contributed by atoms with E-state index >= 15 is 0 Å². The van der Waals surface area contributed by atoms with Gasteiger partial charge < -0.3 is 20.3 Å². The fourth-order valence-electron chi connectivity index (χ4n) is 1.87. The van der Waals surface area contributed by atoms with Crippen LogP contribution in [0.2, 0.25) is 0 Å². The SMILES string of the molecule is COc1cc(CC(N)C(=O)O)c(C)c(C)c1OC. The smallest absolute Gasteiger partial charge is 0.320 e. The molecule has 0 radical (unpaired) electrons. The summed E-state index contributed by atoms with van der Waals surface area (Å²) in [6.07, 6.45) is 0.266. The molecule has 0 aliphatic carbocycles. The van der Waals surface area contributed by atoms with E-state index < -0.39 is 12.0 Å². The Morgan fingerprint density at radius 1 is 1.33 bits per heavy atom. The fourth-order valence-corrected chi connectivity index (χ4v) is 1.87. The van der Waals surface area contributed by atoms with Crippen molar-refractivity contribution >= 4 is 5.97 Å². The van der Waals surface area contributed by atoms with Gasteiger partial charge in [0.1, 0.15) is 6.04 Å². The minimum absolute atomic E-state index is 0.266. The van der Waals surface area contributed by atoms with Gasteiger partial charge in [-0.25, -0.2) is 0 Å². The zero-order valence-corrected chi connectivity index (χ0v) is 11.1. The number of nitrogens with two attached hydrogens (primary N) is 1. The maximum Gasteiger partial charge on any atom is 0.320 e. The van der Waals surface area contributed by atoms with Crippen molar-refractivity contribution in [1.82, 2.24) is 0 Å². The average Bonchev–Trinajstić information content (AvgIpc) is 2.34. The maximum absolute atomic E-state index is 10.8. The average molecular weight is 253 g/mol. The normalized spacial score (nSPS) is 12.1. The van der Waals surface area contributed by atoms with Crippen molar-refractivity contribution in [2.75, 3.05) is 14.2 Å². The van der Waals surface area contributed by atoms with Crippen molar-refractivity contribution in [1.29, 1.82) is 0 Å². The van der Waals surface area contributed by atoms with Crippen LogP contribution in [-0.2, 0) is 11.2 Å². The van der Waals surface area contributed by atoms with Crippen LogP contribution in [0.4, 0.5) is 0 Å². The van der Waals surface area contributed by atoms with E-state index in [2.05, 4.69) is 0 Å². The molecule has 0 aliphatic rings. The number of aliphatic carboxylic acids is 1. The topological polar surface area (TPSA) is 81.8 Å². The molecule has 0 aromatic heterocycles. The molecule has 1 aromatic rings. The Kier molecular flexibility index (Phi) is 4.55. The van der Waals surface area contributed by atoms with E-state index in [1.807, 2.05) is 13.8 Å². The third-order valence-corrected chi connectivity index (χ3v) is 3.09. The van der Waals surface area contributed by atoms with Gasteiger partial charge in [0.15, 0.2) is 11.5 Å². The summed E-state index contributed by atoms with van der Waals surface area (Å²) in [5.41, 5.74) is 8.33. The summed E-state index contributed by atoms with van der Waals surface area (Å²) in [5.74, 6) is 0.248. The molecule has 0 saturated heterocycles. The molecule has 0 amide bonds. The lowest BCUT2D eigenvalue weighted by Gasteiger charge is -2.17. The highest BCUT2D eigenvalue weighted by molar-refractivity contribution is 5.73. The monoisotopic (exact) mass is 253 g/mol. The first-order valence-electron chi connectivity index (χ1n) is 5.61. The van der Waals surface area contributed by atoms with E-state index in [9.17, 15) is 4.79 Å². The van der Waals surface area contributed by atoms with Gasteiger partial charge in [-0.3, -0.25) is 4.79 Å². The van der Waals surface area contributed by atoms with Crippen LogP contribution in [-0.4, -0.2) is 31.3 Å². The Morgan fingerprint density at radius 2 is 1.94 bits per heavy atom. The van der Waals surface area contributed by atoms with E-state index in [1.54, 1.807) is 20.3 Å². The molecule has 5 heteroatoms. The minimum atomic E-state index is -1.01. The fraction of sp³-hybridized carbons (Fsp3) is 0.462. The van der Waals surface area contributed by atoms with E-state index in [1.165, 1.54) is 0 Å². The van der Waals surface area contributed by atoms with Crippen molar-refractivity contribution in [2.24, 2.45) is 5.73 Å². The lowest BCUT2D eigenvalue weighted by molar-refractivity contribution is -0.138. The molecule has 1 atom stereocenters. The molecule has 0 aliphatic heterocycles. The maximum atomic E-state index is 10.8. The first-order valence-corrected chi connectivity index (χ1v) is 5.61. The largest absolute Gasteiger partial charge is 0.493 e. The zero-order chi connectivity index (χ0) is 13.9. The van der Waals surface area contributed by atoms with Crippen LogP contribution in [0.3, 0.4) is 0 Å². The number of rotatable bonds is 5. The number of hydrogen-bond donors (Lipinski definition) is 2. The Morgan fingerprint density at radius 3 is 2.39 bits per heavy atom. The third kappa shape index (κ3) is 2.73. The quantitative estimate of drug-likeness (QED) is 0.826. The number of ether oxygens (including phenoxy) is 2. The van der Waals surface area contributed by atoms with E-state index in [-0.39, 0.29) is 6.42 Å². The standard InChI is InChI=1S/C13H19NO4/c1-7-8(2)12(18-4)11(17-3)6-9(7)5-10(14)13(15)16/h6,10H,5,14H2,1-4H3,(H,15,16). The summed E-state index contributed by atoms with van der Waals surface area (Å²) in [4.78, 5) is 10.8. The molecule has 0 spiro atoms. The summed E-state index contributed by atoms with van der Waals surface area (Å²) in [7, 11) is 3.13. The van der Waals surface area contributed by atoms with Crippen LogP contribution in [0.25, 0.3) is 0 Å². The van der Waals surface area contributed by atoms with Crippen molar-refractivity contribution in [3.63, 3.8) is 0 Å². The Balaban J connectivity index is 3.21. The van der Waals surface area contributed by atoms with Gasteiger partial charge in [-0.2, -0.15) is 0 Å². The van der Waals surface area contributed by atoms with Gasteiger partial charge in [0.2, 0.25) is 0 Å². The molecule has 18 heavy (non-hydrogen) atoms. The molecule has 0 bridgehead atoms. The Bertz CT molecular complexity index is 457.